The molecule has 0 amide bonds. The normalized spacial score (nSPS) is 13.5. The van der Waals surface area contributed by atoms with Crippen molar-refractivity contribution in [2.75, 3.05) is 0 Å². The van der Waals surface area contributed by atoms with Gasteiger partial charge in [0.2, 0.25) is 0 Å². The molecule has 1 aromatic rings. The van der Waals surface area contributed by atoms with Crippen LogP contribution in [-0.4, -0.2) is 21.0 Å². The Bertz CT molecular complexity index is 266. The van der Waals surface area contributed by atoms with E-state index >= 15 is 0 Å². The molecule has 1 N–H and O–H groups in total. The van der Waals surface area contributed by atoms with Crippen molar-refractivity contribution in [3.63, 3.8) is 0 Å². The van der Waals surface area contributed by atoms with Gasteiger partial charge in [0.05, 0.1) is 6.10 Å². The van der Waals surface area contributed by atoms with E-state index in [0.29, 0.717) is 5.92 Å². The maximum atomic E-state index is 9.19. The number of aryl methyl sites for hydroxylation is 1. The maximum Gasteiger partial charge on any atom is 0.0515 e. The van der Waals surface area contributed by atoms with Crippen LogP contribution >= 0.6 is 0 Å². The molecule has 0 aliphatic rings. The number of nitrogens with zero attached hydrogens (tertiary/aromatic N) is 2. The molecule has 0 spiro atoms. The van der Waals surface area contributed by atoms with Crippen LogP contribution in [-0.2, 0) is 13.0 Å². The monoisotopic (exact) mass is 196 g/mol. The first-order valence-electron chi connectivity index (χ1n) is 5.28. The van der Waals surface area contributed by atoms with Crippen LogP contribution in [0.5, 0.6) is 0 Å². The molecule has 0 bridgehead atoms. The zero-order valence-corrected chi connectivity index (χ0v) is 9.27. The molecule has 1 rings (SSSR count). The number of aromatic nitrogens is 2. The fourth-order valence-electron chi connectivity index (χ4n) is 1.44. The molecule has 3 nitrogen and oxygen atoms in total. The Morgan fingerprint density at radius 2 is 2.14 bits per heavy atom. The van der Waals surface area contributed by atoms with Gasteiger partial charge in [-0.15, -0.1) is 0 Å². The Balaban J connectivity index is 2.53. The van der Waals surface area contributed by atoms with E-state index in [1.807, 2.05) is 23.9 Å². The molecule has 1 atom stereocenters. The lowest BCUT2D eigenvalue weighted by Crippen LogP contribution is -2.11. The van der Waals surface area contributed by atoms with Gasteiger partial charge >= 0.3 is 0 Å². The minimum atomic E-state index is -0.225. The summed E-state index contributed by atoms with van der Waals surface area (Å²) in [5.74, 6) is 0.611. The summed E-state index contributed by atoms with van der Waals surface area (Å²) in [5.41, 5.74) is 1.22. The molecule has 1 heterocycles. The SMILES string of the molecule is CC(C)Cn1nccc1CCC(C)O. The fourth-order valence-corrected chi connectivity index (χ4v) is 1.44. The number of aliphatic hydroxyl groups excluding tert-OH is 1. The van der Waals surface area contributed by atoms with Gasteiger partial charge < -0.3 is 5.11 Å². The Hall–Kier alpha value is -0.830. The van der Waals surface area contributed by atoms with Crippen LogP contribution in [0.3, 0.4) is 0 Å². The van der Waals surface area contributed by atoms with Gasteiger partial charge in [-0.05, 0) is 31.7 Å². The summed E-state index contributed by atoms with van der Waals surface area (Å²) in [5, 5.41) is 13.5. The van der Waals surface area contributed by atoms with E-state index in [0.717, 1.165) is 19.4 Å². The Morgan fingerprint density at radius 3 is 2.71 bits per heavy atom. The summed E-state index contributed by atoms with van der Waals surface area (Å²) in [6.07, 6.45) is 3.32. The van der Waals surface area contributed by atoms with Crippen molar-refractivity contribution in [3.05, 3.63) is 18.0 Å². The topological polar surface area (TPSA) is 38.0 Å². The van der Waals surface area contributed by atoms with E-state index < -0.39 is 0 Å². The highest BCUT2D eigenvalue weighted by atomic mass is 16.3. The second kappa shape index (κ2) is 5.15. The van der Waals surface area contributed by atoms with Gasteiger partial charge in [0.25, 0.3) is 0 Å². The molecule has 0 radical (unpaired) electrons. The molecule has 0 aromatic carbocycles. The lowest BCUT2D eigenvalue weighted by atomic mass is 10.1. The minimum Gasteiger partial charge on any atom is -0.393 e. The molecule has 1 aromatic heterocycles. The van der Waals surface area contributed by atoms with Crippen LogP contribution in [0, 0.1) is 5.92 Å². The van der Waals surface area contributed by atoms with Crippen molar-refractivity contribution in [1.82, 2.24) is 9.78 Å². The van der Waals surface area contributed by atoms with Crippen molar-refractivity contribution in [2.45, 2.75) is 46.3 Å². The van der Waals surface area contributed by atoms with E-state index in [4.69, 9.17) is 0 Å². The third-order valence-electron chi connectivity index (χ3n) is 2.16. The second-order valence-corrected chi connectivity index (χ2v) is 4.29. The predicted molar refractivity (Wildman–Crippen MR) is 57.1 cm³/mol. The van der Waals surface area contributed by atoms with E-state index in [-0.39, 0.29) is 6.10 Å². The summed E-state index contributed by atoms with van der Waals surface area (Å²) in [7, 11) is 0. The van der Waals surface area contributed by atoms with Gasteiger partial charge in [0.15, 0.2) is 0 Å². The van der Waals surface area contributed by atoms with Crippen LogP contribution in [0.25, 0.3) is 0 Å². The van der Waals surface area contributed by atoms with Crippen LogP contribution in [0.2, 0.25) is 0 Å². The Morgan fingerprint density at radius 1 is 1.43 bits per heavy atom. The average molecular weight is 196 g/mol. The molecule has 1 unspecified atom stereocenters. The molecular formula is C11H20N2O. The fraction of sp³-hybridized carbons (Fsp3) is 0.727. The maximum absolute atomic E-state index is 9.19. The van der Waals surface area contributed by atoms with Crippen molar-refractivity contribution in [2.24, 2.45) is 5.92 Å². The molecule has 80 valence electrons. The highest BCUT2D eigenvalue weighted by molar-refractivity contribution is 5.00. The lowest BCUT2D eigenvalue weighted by molar-refractivity contribution is 0.184. The van der Waals surface area contributed by atoms with Crippen molar-refractivity contribution >= 4 is 0 Å². The first-order chi connectivity index (χ1) is 6.59. The summed E-state index contributed by atoms with van der Waals surface area (Å²) in [6, 6.07) is 2.03. The third-order valence-corrected chi connectivity index (χ3v) is 2.16. The van der Waals surface area contributed by atoms with Crippen LogP contribution in [0.15, 0.2) is 12.3 Å². The zero-order valence-electron chi connectivity index (χ0n) is 9.27. The van der Waals surface area contributed by atoms with Gasteiger partial charge in [-0.1, -0.05) is 13.8 Å². The van der Waals surface area contributed by atoms with Crippen LogP contribution in [0.4, 0.5) is 0 Å². The molecule has 0 fully saturated rings. The number of rotatable bonds is 5. The first kappa shape index (κ1) is 11.2. The summed E-state index contributed by atoms with van der Waals surface area (Å²) in [6.45, 7) is 7.14. The molecule has 0 saturated carbocycles. The minimum absolute atomic E-state index is 0.225. The van der Waals surface area contributed by atoms with Gasteiger partial charge in [-0.2, -0.15) is 5.10 Å². The summed E-state index contributed by atoms with van der Waals surface area (Å²) < 4.78 is 2.03. The standard InChI is InChI=1S/C11H20N2O/c1-9(2)8-13-11(6-7-12-13)5-4-10(3)14/h6-7,9-10,14H,4-5,8H2,1-3H3. The van der Waals surface area contributed by atoms with Crippen molar-refractivity contribution < 1.29 is 5.11 Å². The second-order valence-electron chi connectivity index (χ2n) is 4.29. The van der Waals surface area contributed by atoms with E-state index in [1.165, 1.54) is 5.69 Å². The molecule has 0 aliphatic carbocycles. The van der Waals surface area contributed by atoms with Gasteiger partial charge in [0.1, 0.15) is 0 Å². The smallest absolute Gasteiger partial charge is 0.0515 e. The Kier molecular flexibility index (Phi) is 4.14. The number of hydrogen-bond donors (Lipinski definition) is 1. The molecule has 0 aliphatic heterocycles. The van der Waals surface area contributed by atoms with Gasteiger partial charge in [0, 0.05) is 18.4 Å². The quantitative estimate of drug-likeness (QED) is 0.780. The van der Waals surface area contributed by atoms with E-state index in [1.54, 1.807) is 0 Å². The lowest BCUT2D eigenvalue weighted by Gasteiger charge is -2.10. The number of aliphatic hydroxyl groups is 1. The number of hydrogen-bond acceptors (Lipinski definition) is 2. The molecular weight excluding hydrogens is 176 g/mol. The van der Waals surface area contributed by atoms with Crippen LogP contribution in [0.1, 0.15) is 32.9 Å². The first-order valence-corrected chi connectivity index (χ1v) is 5.28. The molecule has 0 saturated heterocycles. The van der Waals surface area contributed by atoms with Crippen molar-refractivity contribution in [1.29, 1.82) is 0 Å². The zero-order chi connectivity index (χ0) is 10.6. The Labute approximate surface area is 85.8 Å². The summed E-state index contributed by atoms with van der Waals surface area (Å²) in [4.78, 5) is 0. The highest BCUT2D eigenvalue weighted by Gasteiger charge is 2.05. The van der Waals surface area contributed by atoms with E-state index in [2.05, 4.69) is 18.9 Å². The highest BCUT2D eigenvalue weighted by Crippen LogP contribution is 2.07. The van der Waals surface area contributed by atoms with E-state index in [9.17, 15) is 5.11 Å². The molecule has 3 heteroatoms. The van der Waals surface area contributed by atoms with Crippen LogP contribution < -0.4 is 0 Å². The third kappa shape index (κ3) is 3.50. The summed E-state index contributed by atoms with van der Waals surface area (Å²) >= 11 is 0. The molecule has 14 heavy (non-hydrogen) atoms. The average Bonchev–Trinajstić information content (AvgIpc) is 2.47. The van der Waals surface area contributed by atoms with Crippen molar-refractivity contribution in [3.8, 4) is 0 Å². The predicted octanol–water partition coefficient (Wildman–Crippen LogP) is 1.85. The van der Waals surface area contributed by atoms with Gasteiger partial charge in [-0.25, -0.2) is 0 Å². The van der Waals surface area contributed by atoms with Gasteiger partial charge in [-0.3, -0.25) is 4.68 Å². The largest absolute Gasteiger partial charge is 0.393 e.